The first-order valence-electron chi connectivity index (χ1n) is 46.2. The number of para-hydroxylation sites is 3. The second-order valence-corrected chi connectivity index (χ2v) is 37.0. The summed E-state index contributed by atoms with van der Waals surface area (Å²) in [6.45, 7) is 13.8. The molecular formula is C124H85N9O3. The normalized spacial score (nSPS) is 13.2. The second kappa shape index (κ2) is 32.0. The van der Waals surface area contributed by atoms with Crippen LogP contribution >= 0.6 is 0 Å². The molecule has 0 fully saturated rings. The summed E-state index contributed by atoms with van der Waals surface area (Å²) in [6.07, 6.45) is 0. The molecule has 3 aliphatic carbocycles. The quantitative estimate of drug-likeness (QED) is 0.121. The number of benzene rings is 18. The van der Waals surface area contributed by atoms with Gasteiger partial charge in [0, 0.05) is 81.9 Å². The average molecular weight is 1750 g/mol. The summed E-state index contributed by atoms with van der Waals surface area (Å²) >= 11 is 0. The molecule has 27 rings (SSSR count). The van der Waals surface area contributed by atoms with E-state index in [0.717, 1.165) is 143 Å². The highest BCUT2D eigenvalue weighted by Gasteiger charge is 2.40. The molecule has 0 saturated heterocycles. The molecule has 0 bridgehead atoms. The highest BCUT2D eigenvalue weighted by Crippen LogP contribution is 2.56. The Hall–Kier alpha value is -17.4. The molecule has 12 heteroatoms. The zero-order chi connectivity index (χ0) is 91.1. The number of furan rings is 3. The maximum atomic E-state index is 6.72. The SMILES string of the molecule is CC1(C)c2ccccc2-c2cc3c(cc21)oc1c(-c2nc(-c4ccccc4)nc(-c4ccc(-c5ccccc5)cc4)n2)cccc13.CC1(C)c2ccccc2-c2cc3c(cc21)oc1c(-c2nc(-c4ccccc4)nc(-c4cccc(-c5ccccc5)c4)n2)cccc13.CC1(C)c2ccccc2-c2cc3c(cc21)oc1c(-c2nc(-c4ccccc4)nc(-c4cccc5ccccc45)n2)cccc13. The highest BCUT2D eigenvalue weighted by atomic mass is 16.3. The predicted molar refractivity (Wildman–Crippen MR) is 551 cm³/mol. The average Bonchev–Trinajstić information content (AvgIpc) is 1.57. The van der Waals surface area contributed by atoms with Crippen LogP contribution in [0.2, 0.25) is 0 Å². The summed E-state index contributed by atoms with van der Waals surface area (Å²) in [7, 11) is 0. The van der Waals surface area contributed by atoms with E-state index in [1.54, 1.807) is 0 Å². The van der Waals surface area contributed by atoms with Gasteiger partial charge in [0.05, 0.1) is 16.7 Å². The van der Waals surface area contributed by atoms with Crippen LogP contribution in [0.15, 0.2) is 420 Å². The molecule has 644 valence electrons. The molecule has 0 unspecified atom stereocenters. The molecule has 0 radical (unpaired) electrons. The largest absolute Gasteiger partial charge is 0.455 e. The number of fused-ring (bicyclic) bond motifs is 19. The lowest BCUT2D eigenvalue weighted by Gasteiger charge is -2.21. The van der Waals surface area contributed by atoms with Gasteiger partial charge in [0.15, 0.2) is 52.4 Å². The number of nitrogens with zero attached hydrogens (tertiary/aromatic N) is 9. The van der Waals surface area contributed by atoms with Crippen molar-refractivity contribution in [3.05, 3.63) is 440 Å². The fourth-order valence-corrected chi connectivity index (χ4v) is 20.9. The van der Waals surface area contributed by atoms with E-state index in [-0.39, 0.29) is 16.2 Å². The van der Waals surface area contributed by atoms with Gasteiger partial charge in [-0.15, -0.1) is 0 Å². The maximum Gasteiger partial charge on any atom is 0.167 e. The Labute approximate surface area is 785 Å². The number of aromatic nitrogens is 9. The van der Waals surface area contributed by atoms with E-state index >= 15 is 0 Å². The lowest BCUT2D eigenvalue weighted by Crippen LogP contribution is -2.14. The molecule has 0 saturated carbocycles. The summed E-state index contributed by atoms with van der Waals surface area (Å²) in [4.78, 5) is 45.3. The molecule has 3 aliphatic rings. The van der Waals surface area contributed by atoms with E-state index in [1.165, 1.54) is 72.3 Å². The molecule has 0 atom stereocenters. The Morgan fingerprint density at radius 2 is 0.397 bits per heavy atom. The first-order chi connectivity index (χ1) is 66.6. The minimum absolute atomic E-state index is 0.103. The molecule has 12 nitrogen and oxygen atoms in total. The van der Waals surface area contributed by atoms with Gasteiger partial charge >= 0.3 is 0 Å². The van der Waals surface area contributed by atoms with Crippen LogP contribution in [0.4, 0.5) is 0 Å². The van der Waals surface area contributed by atoms with Gasteiger partial charge in [0.2, 0.25) is 0 Å². The zero-order valence-electron chi connectivity index (χ0n) is 75.4. The molecule has 18 aromatic carbocycles. The second-order valence-electron chi connectivity index (χ2n) is 37.0. The zero-order valence-corrected chi connectivity index (χ0v) is 75.4. The number of hydrogen-bond donors (Lipinski definition) is 0. The molecule has 136 heavy (non-hydrogen) atoms. The van der Waals surface area contributed by atoms with Gasteiger partial charge in [-0.2, -0.15) is 0 Å². The third-order valence-electron chi connectivity index (χ3n) is 27.8. The summed E-state index contributed by atoms with van der Waals surface area (Å²) in [5.74, 6) is 5.50. The van der Waals surface area contributed by atoms with E-state index in [9.17, 15) is 0 Å². The van der Waals surface area contributed by atoms with Crippen LogP contribution in [0.25, 0.3) is 235 Å². The molecule has 6 heterocycles. The van der Waals surface area contributed by atoms with Crippen LogP contribution < -0.4 is 0 Å². The van der Waals surface area contributed by atoms with Crippen LogP contribution in [-0.4, -0.2) is 44.9 Å². The number of rotatable bonds is 11. The summed E-state index contributed by atoms with van der Waals surface area (Å²) < 4.78 is 20.2. The Kier molecular flexibility index (Phi) is 19.0. The van der Waals surface area contributed by atoms with Gasteiger partial charge in [0.25, 0.3) is 0 Å². The molecule has 24 aromatic rings. The molecular weight excluding hydrogens is 1660 g/mol. The third kappa shape index (κ3) is 13.6. The molecule has 6 aromatic heterocycles. The van der Waals surface area contributed by atoms with Gasteiger partial charge in [0.1, 0.15) is 33.5 Å². The predicted octanol–water partition coefficient (Wildman–Crippen LogP) is 31.7. The van der Waals surface area contributed by atoms with Crippen molar-refractivity contribution in [2.75, 3.05) is 0 Å². The van der Waals surface area contributed by atoms with Crippen LogP contribution in [0.5, 0.6) is 0 Å². The Balaban J connectivity index is 0.000000109. The first-order valence-corrected chi connectivity index (χ1v) is 46.2. The standard InChI is InChI=1S/2C42H29N3O.C40H27N3O/c1-42(2)35-22-10-9-19-30(35)33-24-34-31-20-12-21-32(38(31)46-37(34)25-36(33)42)41-44-39(27-15-7-4-8-16-27)43-40(45-41)29-18-11-17-28(23-29)26-13-5-3-6-14-26;1-42(2)35-19-10-9-16-30(35)33-24-34-31-17-11-18-32(38(31)46-37(34)25-36(33)42)41-44-39(28-14-7-4-8-15-28)43-40(45-41)29-22-20-27(21-23-29)26-12-5-3-6-13-26;1-40(2)33-21-9-8-17-27(33)31-22-32-28-18-11-20-30(36(28)44-35(32)23-34(31)40)39-42-37(25-13-4-3-5-14-25)41-38(43-39)29-19-10-15-24-12-6-7-16-26(24)29/h2*3-25H,1-2H3;3-23H,1-2H3. The van der Waals surface area contributed by atoms with Crippen molar-refractivity contribution < 1.29 is 13.3 Å². The lowest BCUT2D eigenvalue weighted by molar-refractivity contribution is 0.647. The van der Waals surface area contributed by atoms with Crippen LogP contribution in [-0.2, 0) is 16.2 Å². The minimum atomic E-state index is -0.107. The van der Waals surface area contributed by atoms with Crippen molar-refractivity contribution in [2.45, 2.75) is 57.8 Å². The third-order valence-corrected chi connectivity index (χ3v) is 27.8. The molecule has 0 spiro atoms. The van der Waals surface area contributed by atoms with Gasteiger partial charge in [-0.1, -0.05) is 387 Å². The molecule has 0 amide bonds. The number of hydrogen-bond acceptors (Lipinski definition) is 12. The van der Waals surface area contributed by atoms with Crippen LogP contribution in [0.1, 0.15) is 74.9 Å². The maximum absolute atomic E-state index is 6.72. The summed E-state index contributed by atoms with van der Waals surface area (Å²) in [5, 5.41) is 8.68. The van der Waals surface area contributed by atoms with Gasteiger partial charge in [-0.05, 0) is 160 Å². The lowest BCUT2D eigenvalue weighted by atomic mass is 9.82. The fraction of sp³-hybridized carbons (Fsp3) is 0.0726. The van der Waals surface area contributed by atoms with Gasteiger partial charge in [-0.25, -0.2) is 44.9 Å². The van der Waals surface area contributed by atoms with E-state index in [2.05, 4.69) is 333 Å². The van der Waals surface area contributed by atoms with E-state index < -0.39 is 0 Å². The van der Waals surface area contributed by atoms with Crippen molar-refractivity contribution in [3.8, 4) is 158 Å². The highest BCUT2D eigenvalue weighted by molar-refractivity contribution is 6.14. The van der Waals surface area contributed by atoms with Crippen molar-refractivity contribution in [2.24, 2.45) is 0 Å². The van der Waals surface area contributed by atoms with Crippen molar-refractivity contribution in [3.63, 3.8) is 0 Å². The van der Waals surface area contributed by atoms with E-state index in [0.29, 0.717) is 52.4 Å². The monoisotopic (exact) mass is 1750 g/mol. The Morgan fingerprint density at radius 3 is 0.794 bits per heavy atom. The van der Waals surface area contributed by atoms with Crippen molar-refractivity contribution >= 4 is 76.6 Å². The first kappa shape index (κ1) is 80.7. The summed E-state index contributed by atoms with van der Waals surface area (Å²) in [5.41, 5.74) is 33.0. The summed E-state index contributed by atoms with van der Waals surface area (Å²) in [6, 6.07) is 141. The molecule has 0 aliphatic heterocycles. The van der Waals surface area contributed by atoms with Crippen molar-refractivity contribution in [1.29, 1.82) is 0 Å². The molecule has 0 N–H and O–H groups in total. The minimum Gasteiger partial charge on any atom is -0.455 e. The van der Waals surface area contributed by atoms with E-state index in [1.807, 2.05) is 115 Å². The van der Waals surface area contributed by atoms with Crippen LogP contribution in [0, 0.1) is 0 Å². The Bertz CT molecular complexity index is 8930. The Morgan fingerprint density at radius 1 is 0.154 bits per heavy atom. The fourth-order valence-electron chi connectivity index (χ4n) is 20.9. The van der Waals surface area contributed by atoms with Crippen molar-refractivity contribution in [1.82, 2.24) is 44.9 Å². The van der Waals surface area contributed by atoms with Gasteiger partial charge in [-0.3, -0.25) is 0 Å². The topological polar surface area (TPSA) is 155 Å². The smallest absolute Gasteiger partial charge is 0.167 e. The van der Waals surface area contributed by atoms with Crippen LogP contribution in [0.3, 0.4) is 0 Å². The van der Waals surface area contributed by atoms with E-state index in [4.69, 9.17) is 58.1 Å². The van der Waals surface area contributed by atoms with Gasteiger partial charge < -0.3 is 13.3 Å².